The summed E-state index contributed by atoms with van der Waals surface area (Å²) in [5.74, 6) is 0. The first kappa shape index (κ1) is 24.8. The summed E-state index contributed by atoms with van der Waals surface area (Å²) in [6, 6.07) is 1.30. The highest BCUT2D eigenvalue weighted by atomic mass is 16.5. The van der Waals surface area contributed by atoms with Gasteiger partial charge in [0, 0.05) is 25.3 Å². The highest BCUT2D eigenvalue weighted by molar-refractivity contribution is 4.62. The normalized spacial score (nSPS) is 11.8. The summed E-state index contributed by atoms with van der Waals surface area (Å²) in [6.45, 7) is 15.2. The van der Waals surface area contributed by atoms with Gasteiger partial charge < -0.3 is 24.8 Å². The molecule has 0 fully saturated rings. The molecule has 0 saturated carbocycles. The molecule has 152 valence electrons. The fourth-order valence-electron chi connectivity index (χ4n) is 2.66. The third kappa shape index (κ3) is 17.0. The maximum absolute atomic E-state index is 5.57. The molecule has 0 unspecified atom stereocenters. The van der Waals surface area contributed by atoms with Gasteiger partial charge in [0.25, 0.3) is 0 Å². The quantitative estimate of drug-likeness (QED) is 0.326. The SMILES string of the molecule is CCC(CC)NCCCOCCOCCOCCCNC(CC)CC. The molecule has 0 radical (unpaired) electrons. The van der Waals surface area contributed by atoms with Gasteiger partial charge in [-0.15, -0.1) is 0 Å². The second kappa shape index (κ2) is 20.1. The molecule has 0 amide bonds. The summed E-state index contributed by atoms with van der Waals surface area (Å²) in [6.07, 6.45) is 6.91. The van der Waals surface area contributed by atoms with Gasteiger partial charge in [-0.1, -0.05) is 27.7 Å². The highest BCUT2D eigenvalue weighted by Gasteiger charge is 2.01. The van der Waals surface area contributed by atoms with Crippen molar-refractivity contribution in [1.82, 2.24) is 10.6 Å². The molecule has 0 atom stereocenters. The molecule has 0 aliphatic carbocycles. The van der Waals surface area contributed by atoms with Crippen LogP contribution in [0.3, 0.4) is 0 Å². The van der Waals surface area contributed by atoms with Crippen LogP contribution in [0, 0.1) is 0 Å². The highest BCUT2D eigenvalue weighted by Crippen LogP contribution is 1.96. The largest absolute Gasteiger partial charge is 0.379 e. The Morgan fingerprint density at radius 1 is 0.520 bits per heavy atom. The lowest BCUT2D eigenvalue weighted by Crippen LogP contribution is -2.29. The average molecular weight is 361 g/mol. The number of rotatable bonds is 20. The van der Waals surface area contributed by atoms with E-state index < -0.39 is 0 Å². The van der Waals surface area contributed by atoms with Crippen molar-refractivity contribution in [3.63, 3.8) is 0 Å². The van der Waals surface area contributed by atoms with Gasteiger partial charge in [-0.3, -0.25) is 0 Å². The molecule has 0 aromatic carbocycles. The van der Waals surface area contributed by atoms with Gasteiger partial charge in [0.2, 0.25) is 0 Å². The Morgan fingerprint density at radius 2 is 0.840 bits per heavy atom. The van der Waals surface area contributed by atoms with Crippen LogP contribution < -0.4 is 10.6 Å². The minimum absolute atomic E-state index is 0.652. The van der Waals surface area contributed by atoms with Gasteiger partial charge in [0.1, 0.15) is 0 Å². The van der Waals surface area contributed by atoms with Crippen molar-refractivity contribution in [3.05, 3.63) is 0 Å². The molecule has 0 spiro atoms. The Hall–Kier alpha value is -0.200. The van der Waals surface area contributed by atoms with E-state index in [2.05, 4.69) is 38.3 Å². The molecular weight excluding hydrogens is 316 g/mol. The zero-order valence-electron chi connectivity index (χ0n) is 17.3. The number of hydrogen-bond donors (Lipinski definition) is 2. The van der Waals surface area contributed by atoms with Crippen molar-refractivity contribution in [3.8, 4) is 0 Å². The monoisotopic (exact) mass is 360 g/mol. The van der Waals surface area contributed by atoms with Crippen molar-refractivity contribution in [2.24, 2.45) is 0 Å². The van der Waals surface area contributed by atoms with Crippen LogP contribution >= 0.6 is 0 Å². The molecule has 0 bridgehead atoms. The first-order valence-electron chi connectivity index (χ1n) is 10.5. The summed E-state index contributed by atoms with van der Waals surface area (Å²) in [5.41, 5.74) is 0. The third-order valence-electron chi connectivity index (χ3n) is 4.51. The number of hydrogen-bond acceptors (Lipinski definition) is 5. The molecule has 25 heavy (non-hydrogen) atoms. The van der Waals surface area contributed by atoms with E-state index in [1.807, 2.05) is 0 Å². The smallest absolute Gasteiger partial charge is 0.0701 e. The third-order valence-corrected chi connectivity index (χ3v) is 4.51. The summed E-state index contributed by atoms with van der Waals surface area (Å²) < 4.78 is 16.7. The van der Waals surface area contributed by atoms with Crippen molar-refractivity contribution < 1.29 is 14.2 Å². The Labute approximate surface area is 156 Å². The predicted molar refractivity (Wildman–Crippen MR) is 106 cm³/mol. The van der Waals surface area contributed by atoms with Crippen LogP contribution in [0.1, 0.15) is 66.2 Å². The molecule has 5 nitrogen and oxygen atoms in total. The zero-order valence-corrected chi connectivity index (χ0v) is 17.3. The molecule has 0 saturated heterocycles. The first-order valence-corrected chi connectivity index (χ1v) is 10.5. The minimum atomic E-state index is 0.652. The van der Waals surface area contributed by atoms with Gasteiger partial charge in [0.15, 0.2) is 0 Å². The van der Waals surface area contributed by atoms with E-state index in [9.17, 15) is 0 Å². The van der Waals surface area contributed by atoms with Gasteiger partial charge in [-0.2, -0.15) is 0 Å². The molecule has 0 heterocycles. The Morgan fingerprint density at radius 3 is 1.16 bits per heavy atom. The summed E-state index contributed by atoms with van der Waals surface area (Å²) in [7, 11) is 0. The minimum Gasteiger partial charge on any atom is -0.379 e. The zero-order chi connectivity index (χ0) is 18.6. The van der Waals surface area contributed by atoms with E-state index in [0.717, 1.165) is 39.1 Å². The molecule has 0 aliphatic rings. The second-order valence-corrected chi connectivity index (χ2v) is 6.48. The summed E-state index contributed by atoms with van der Waals surface area (Å²) in [4.78, 5) is 0. The van der Waals surface area contributed by atoms with E-state index in [4.69, 9.17) is 14.2 Å². The van der Waals surface area contributed by atoms with Gasteiger partial charge in [0.05, 0.1) is 26.4 Å². The maximum Gasteiger partial charge on any atom is 0.0701 e. The van der Waals surface area contributed by atoms with Crippen molar-refractivity contribution in [1.29, 1.82) is 0 Å². The van der Waals surface area contributed by atoms with Crippen LogP contribution in [0.2, 0.25) is 0 Å². The van der Waals surface area contributed by atoms with E-state index >= 15 is 0 Å². The van der Waals surface area contributed by atoms with E-state index in [-0.39, 0.29) is 0 Å². The summed E-state index contributed by atoms with van der Waals surface area (Å²) >= 11 is 0. The topological polar surface area (TPSA) is 51.8 Å². The molecular formula is C20H44N2O3. The van der Waals surface area contributed by atoms with Gasteiger partial charge in [-0.25, -0.2) is 0 Å². The molecule has 0 aromatic heterocycles. The predicted octanol–water partition coefficient (Wildman–Crippen LogP) is 3.37. The van der Waals surface area contributed by atoms with E-state index in [0.29, 0.717) is 38.5 Å². The van der Waals surface area contributed by atoms with Gasteiger partial charge >= 0.3 is 0 Å². The molecule has 5 heteroatoms. The fourth-order valence-corrected chi connectivity index (χ4v) is 2.66. The van der Waals surface area contributed by atoms with Crippen molar-refractivity contribution in [2.75, 3.05) is 52.7 Å². The Bertz CT molecular complexity index is 223. The summed E-state index contributed by atoms with van der Waals surface area (Å²) in [5, 5.41) is 7.08. The lowest BCUT2D eigenvalue weighted by Gasteiger charge is -2.14. The van der Waals surface area contributed by atoms with Crippen LogP contribution in [-0.2, 0) is 14.2 Å². The van der Waals surface area contributed by atoms with Crippen LogP contribution in [0.15, 0.2) is 0 Å². The van der Waals surface area contributed by atoms with Crippen molar-refractivity contribution >= 4 is 0 Å². The maximum atomic E-state index is 5.57. The second-order valence-electron chi connectivity index (χ2n) is 6.48. The van der Waals surface area contributed by atoms with E-state index in [1.165, 1.54) is 25.7 Å². The average Bonchev–Trinajstić information content (AvgIpc) is 2.64. The Balaban J connectivity index is 3.12. The van der Waals surface area contributed by atoms with Crippen LogP contribution in [0.5, 0.6) is 0 Å². The van der Waals surface area contributed by atoms with Crippen LogP contribution in [-0.4, -0.2) is 64.8 Å². The van der Waals surface area contributed by atoms with Crippen molar-refractivity contribution in [2.45, 2.75) is 78.3 Å². The number of nitrogens with one attached hydrogen (secondary N) is 2. The van der Waals surface area contributed by atoms with Crippen LogP contribution in [0.4, 0.5) is 0 Å². The lowest BCUT2D eigenvalue weighted by molar-refractivity contribution is 0.0137. The number of ether oxygens (including phenoxy) is 3. The molecule has 2 N–H and O–H groups in total. The molecule has 0 aliphatic heterocycles. The standard InChI is InChI=1S/C20H44N2O3/c1-5-19(6-2)21-11-9-13-23-15-17-25-18-16-24-14-10-12-22-20(7-3)8-4/h19-22H,5-18H2,1-4H3. The molecule has 0 aromatic rings. The van der Waals surface area contributed by atoms with E-state index in [1.54, 1.807) is 0 Å². The molecule has 0 rings (SSSR count). The first-order chi connectivity index (χ1) is 12.3. The fraction of sp³-hybridized carbons (Fsp3) is 1.00. The Kier molecular flexibility index (Phi) is 20.0. The van der Waals surface area contributed by atoms with Crippen LogP contribution in [0.25, 0.3) is 0 Å². The van der Waals surface area contributed by atoms with Gasteiger partial charge in [-0.05, 0) is 51.6 Å². The lowest BCUT2D eigenvalue weighted by atomic mass is 10.2.